The summed E-state index contributed by atoms with van der Waals surface area (Å²) >= 11 is 10.8. The topological polar surface area (TPSA) is 55.6 Å². The Morgan fingerprint density at radius 3 is 2.80 bits per heavy atom. The molecule has 1 aliphatic carbocycles. The first-order valence-electron chi connectivity index (χ1n) is 6.45. The number of hydrogen-bond donors (Lipinski definition) is 1. The molecule has 2 rings (SSSR count). The number of thiocarbonyl (C=S) groups is 1. The monoisotopic (exact) mass is 312 g/mol. The molecule has 1 saturated carbocycles. The average molecular weight is 313 g/mol. The second-order valence-electron chi connectivity index (χ2n) is 4.79. The molecule has 0 spiro atoms. The van der Waals surface area contributed by atoms with Gasteiger partial charge in [-0.25, -0.2) is 0 Å². The Hall–Kier alpha value is -1.33. The molecule has 0 aliphatic heterocycles. The first kappa shape index (κ1) is 15.1. The van der Waals surface area contributed by atoms with Gasteiger partial charge < -0.3 is 15.4 Å². The third-order valence-corrected chi connectivity index (χ3v) is 3.68. The first-order chi connectivity index (χ1) is 9.52. The number of hydrogen-bond acceptors (Lipinski definition) is 3. The zero-order valence-corrected chi connectivity index (χ0v) is 12.8. The van der Waals surface area contributed by atoms with Crippen molar-refractivity contribution in [3.8, 4) is 5.75 Å². The quantitative estimate of drug-likeness (QED) is 0.820. The van der Waals surface area contributed by atoms with Crippen LogP contribution in [0.5, 0.6) is 5.75 Å². The van der Waals surface area contributed by atoms with Gasteiger partial charge in [0.1, 0.15) is 5.75 Å². The van der Waals surface area contributed by atoms with Crippen molar-refractivity contribution in [1.29, 1.82) is 0 Å². The van der Waals surface area contributed by atoms with Gasteiger partial charge in [0, 0.05) is 24.0 Å². The van der Waals surface area contributed by atoms with E-state index in [0.717, 1.165) is 12.8 Å². The van der Waals surface area contributed by atoms with Crippen LogP contribution in [0.2, 0.25) is 5.02 Å². The third kappa shape index (κ3) is 3.61. The average Bonchev–Trinajstić information content (AvgIpc) is 3.22. The summed E-state index contributed by atoms with van der Waals surface area (Å²) in [5.74, 6) is 0.431. The lowest BCUT2D eigenvalue weighted by molar-refractivity contribution is 0.0744. The summed E-state index contributed by atoms with van der Waals surface area (Å²) in [6.07, 6.45) is 2.59. The minimum absolute atomic E-state index is 0.0581. The van der Waals surface area contributed by atoms with E-state index in [4.69, 9.17) is 34.3 Å². The maximum absolute atomic E-state index is 12.6. The highest BCUT2D eigenvalue weighted by molar-refractivity contribution is 7.80. The van der Waals surface area contributed by atoms with Crippen LogP contribution in [-0.4, -0.2) is 35.5 Å². The van der Waals surface area contributed by atoms with Crippen molar-refractivity contribution in [2.75, 3.05) is 13.7 Å². The van der Waals surface area contributed by atoms with E-state index >= 15 is 0 Å². The van der Waals surface area contributed by atoms with Crippen LogP contribution in [0, 0.1) is 0 Å². The Kier molecular flexibility index (Phi) is 4.83. The number of carbonyl (C=O) groups excluding carboxylic acids is 1. The molecule has 0 bridgehead atoms. The molecule has 1 fully saturated rings. The van der Waals surface area contributed by atoms with Gasteiger partial charge in [0.05, 0.1) is 17.7 Å². The molecule has 2 N–H and O–H groups in total. The lowest BCUT2D eigenvalue weighted by Gasteiger charge is -2.23. The van der Waals surface area contributed by atoms with E-state index in [1.807, 2.05) is 4.90 Å². The largest absolute Gasteiger partial charge is 0.496 e. The summed E-state index contributed by atoms with van der Waals surface area (Å²) in [6, 6.07) is 5.32. The van der Waals surface area contributed by atoms with Crippen LogP contribution in [0.15, 0.2) is 18.2 Å². The molecule has 1 amide bonds. The van der Waals surface area contributed by atoms with Gasteiger partial charge in [-0.2, -0.15) is 0 Å². The van der Waals surface area contributed by atoms with Crippen molar-refractivity contribution in [2.24, 2.45) is 5.73 Å². The van der Waals surface area contributed by atoms with Crippen LogP contribution in [-0.2, 0) is 0 Å². The van der Waals surface area contributed by atoms with Crippen molar-refractivity contribution >= 4 is 34.7 Å². The zero-order chi connectivity index (χ0) is 14.7. The molecule has 0 atom stereocenters. The number of ether oxygens (including phenoxy) is 1. The predicted molar refractivity (Wildman–Crippen MR) is 83.5 cm³/mol. The van der Waals surface area contributed by atoms with Crippen LogP contribution in [0.4, 0.5) is 0 Å². The standard InChI is InChI=1S/C14H17ClN2O2S/c1-19-12-8-9(15)2-5-11(12)14(18)17(10-3-4-10)7-6-13(16)20/h2,5,8,10H,3-4,6-7H2,1H3,(H2,16,20). The molecular formula is C14H17ClN2O2S. The molecule has 108 valence electrons. The number of benzene rings is 1. The number of rotatable bonds is 6. The second-order valence-corrected chi connectivity index (χ2v) is 5.75. The molecule has 20 heavy (non-hydrogen) atoms. The van der Waals surface area contributed by atoms with Gasteiger partial charge in [-0.1, -0.05) is 23.8 Å². The fourth-order valence-corrected chi connectivity index (χ4v) is 2.32. The number of nitrogens with two attached hydrogens (primary N) is 1. The minimum atomic E-state index is -0.0581. The molecule has 1 aliphatic rings. The summed E-state index contributed by atoms with van der Waals surface area (Å²) in [5.41, 5.74) is 6.05. The molecule has 0 radical (unpaired) electrons. The molecule has 4 nitrogen and oxygen atoms in total. The molecule has 0 aromatic heterocycles. The van der Waals surface area contributed by atoms with E-state index in [-0.39, 0.29) is 11.9 Å². The highest BCUT2D eigenvalue weighted by atomic mass is 35.5. The van der Waals surface area contributed by atoms with Crippen molar-refractivity contribution in [2.45, 2.75) is 25.3 Å². The van der Waals surface area contributed by atoms with Crippen LogP contribution in [0.1, 0.15) is 29.6 Å². The summed E-state index contributed by atoms with van der Waals surface area (Å²) in [7, 11) is 1.53. The maximum Gasteiger partial charge on any atom is 0.257 e. The highest BCUT2D eigenvalue weighted by Crippen LogP contribution is 2.31. The molecule has 0 saturated heterocycles. The Bertz CT molecular complexity index is 532. The summed E-state index contributed by atoms with van der Waals surface area (Å²) in [6.45, 7) is 0.546. The first-order valence-corrected chi connectivity index (χ1v) is 7.24. The van der Waals surface area contributed by atoms with Gasteiger partial charge in [-0.05, 0) is 31.0 Å². The minimum Gasteiger partial charge on any atom is -0.496 e. The molecular weight excluding hydrogens is 296 g/mol. The van der Waals surface area contributed by atoms with E-state index in [1.54, 1.807) is 18.2 Å². The van der Waals surface area contributed by atoms with Crippen LogP contribution in [0.25, 0.3) is 0 Å². The van der Waals surface area contributed by atoms with Gasteiger partial charge in [-0.3, -0.25) is 4.79 Å². The Labute approximate surface area is 128 Å². The molecule has 6 heteroatoms. The smallest absolute Gasteiger partial charge is 0.257 e. The van der Waals surface area contributed by atoms with Gasteiger partial charge in [0.15, 0.2) is 0 Å². The number of methoxy groups -OCH3 is 1. The second kappa shape index (κ2) is 6.41. The molecule has 0 unspecified atom stereocenters. The summed E-state index contributed by atoms with van der Waals surface area (Å²) in [5, 5.41) is 0.541. The highest BCUT2D eigenvalue weighted by Gasteiger charge is 2.33. The summed E-state index contributed by atoms with van der Waals surface area (Å²) < 4.78 is 5.24. The fraction of sp³-hybridized carbons (Fsp3) is 0.429. The van der Waals surface area contributed by atoms with E-state index in [2.05, 4.69) is 0 Å². The van der Waals surface area contributed by atoms with Crippen molar-refractivity contribution < 1.29 is 9.53 Å². The number of nitrogens with zero attached hydrogens (tertiary/aromatic N) is 1. The maximum atomic E-state index is 12.6. The molecule has 1 aromatic carbocycles. The van der Waals surface area contributed by atoms with E-state index in [1.165, 1.54) is 7.11 Å². The van der Waals surface area contributed by atoms with Crippen LogP contribution >= 0.6 is 23.8 Å². The van der Waals surface area contributed by atoms with E-state index in [9.17, 15) is 4.79 Å². The number of amides is 1. The Balaban J connectivity index is 2.20. The molecule has 0 heterocycles. The zero-order valence-electron chi connectivity index (χ0n) is 11.3. The SMILES string of the molecule is COc1cc(Cl)ccc1C(=O)N(CCC(N)=S)C1CC1. The fourth-order valence-electron chi connectivity index (χ4n) is 2.06. The van der Waals surface area contributed by atoms with Crippen molar-refractivity contribution in [1.82, 2.24) is 4.90 Å². The normalized spacial score (nSPS) is 13.9. The van der Waals surface area contributed by atoms with Gasteiger partial charge >= 0.3 is 0 Å². The lowest BCUT2D eigenvalue weighted by Crippen LogP contribution is -2.35. The number of halogens is 1. The molecule has 1 aromatic rings. The van der Waals surface area contributed by atoms with Crippen molar-refractivity contribution in [3.05, 3.63) is 28.8 Å². The van der Waals surface area contributed by atoms with Gasteiger partial charge in [0.25, 0.3) is 5.91 Å². The van der Waals surface area contributed by atoms with Crippen LogP contribution < -0.4 is 10.5 Å². The Morgan fingerprint density at radius 2 is 2.25 bits per heavy atom. The van der Waals surface area contributed by atoms with E-state index in [0.29, 0.717) is 34.3 Å². The Morgan fingerprint density at radius 1 is 1.55 bits per heavy atom. The van der Waals surface area contributed by atoms with Crippen LogP contribution in [0.3, 0.4) is 0 Å². The van der Waals surface area contributed by atoms with Crippen molar-refractivity contribution in [3.63, 3.8) is 0 Å². The third-order valence-electron chi connectivity index (χ3n) is 3.24. The lowest BCUT2D eigenvalue weighted by atomic mass is 10.1. The predicted octanol–water partition coefficient (Wildman–Crippen LogP) is 2.63. The van der Waals surface area contributed by atoms with Gasteiger partial charge in [0.2, 0.25) is 0 Å². The van der Waals surface area contributed by atoms with E-state index < -0.39 is 0 Å². The van der Waals surface area contributed by atoms with Gasteiger partial charge in [-0.15, -0.1) is 0 Å². The number of carbonyl (C=O) groups is 1. The summed E-state index contributed by atoms with van der Waals surface area (Å²) in [4.78, 5) is 14.9.